The molecule has 5 heteroatoms. The highest BCUT2D eigenvalue weighted by Crippen LogP contribution is 2.27. The minimum Gasteiger partial charge on any atom is -0.496 e. The van der Waals surface area contributed by atoms with Crippen molar-refractivity contribution < 1.29 is 19.0 Å². The smallest absolute Gasteiger partial charge is 0.251 e. The van der Waals surface area contributed by atoms with Crippen molar-refractivity contribution >= 4 is 5.91 Å². The lowest BCUT2D eigenvalue weighted by molar-refractivity contribution is -0.144. The summed E-state index contributed by atoms with van der Waals surface area (Å²) in [5.74, 6) is 1.64. The van der Waals surface area contributed by atoms with Gasteiger partial charge in [-0.25, -0.2) is 0 Å². The minimum atomic E-state index is -0.397. The van der Waals surface area contributed by atoms with Gasteiger partial charge in [0, 0.05) is 19.7 Å². The van der Waals surface area contributed by atoms with Gasteiger partial charge >= 0.3 is 0 Å². The van der Waals surface area contributed by atoms with Crippen molar-refractivity contribution in [3.8, 4) is 5.75 Å². The second kappa shape index (κ2) is 10.4. The fourth-order valence-electron chi connectivity index (χ4n) is 3.30. The molecule has 140 valence electrons. The molecule has 1 aliphatic heterocycles. The number of methoxy groups -OCH3 is 1. The number of nitrogens with zero attached hydrogens (tertiary/aromatic N) is 1. The van der Waals surface area contributed by atoms with Gasteiger partial charge in [-0.05, 0) is 50.7 Å². The summed E-state index contributed by atoms with van der Waals surface area (Å²) in [5.41, 5.74) is 1.25. The highest BCUT2D eigenvalue weighted by atomic mass is 16.5. The number of hydrogen-bond acceptors (Lipinski definition) is 4. The molecule has 0 radical (unpaired) electrons. The first kappa shape index (κ1) is 19.7. The van der Waals surface area contributed by atoms with E-state index in [2.05, 4.69) is 12.1 Å². The molecule has 1 heterocycles. The van der Waals surface area contributed by atoms with Crippen LogP contribution in [0.4, 0.5) is 0 Å². The van der Waals surface area contributed by atoms with Crippen LogP contribution in [-0.2, 0) is 20.7 Å². The molecular weight excluding hydrogens is 318 g/mol. The Labute approximate surface area is 151 Å². The molecule has 1 amide bonds. The zero-order valence-corrected chi connectivity index (χ0v) is 15.7. The van der Waals surface area contributed by atoms with E-state index >= 15 is 0 Å². The van der Waals surface area contributed by atoms with Crippen LogP contribution in [0.1, 0.15) is 32.3 Å². The molecular formula is C20H31NO4. The third-order valence-corrected chi connectivity index (χ3v) is 4.77. The molecule has 25 heavy (non-hydrogen) atoms. The predicted octanol–water partition coefficient (Wildman–Crippen LogP) is 2.92. The molecule has 5 nitrogen and oxygen atoms in total. The molecule has 0 unspecified atom stereocenters. The quantitative estimate of drug-likeness (QED) is 0.643. The van der Waals surface area contributed by atoms with Crippen LogP contribution in [0, 0.1) is 5.92 Å². The van der Waals surface area contributed by atoms with Gasteiger partial charge in [-0.2, -0.15) is 0 Å². The molecule has 1 aromatic rings. The van der Waals surface area contributed by atoms with Gasteiger partial charge in [-0.3, -0.25) is 4.79 Å². The lowest BCUT2D eigenvalue weighted by Gasteiger charge is -2.33. The normalized spacial score (nSPS) is 16.7. The number of rotatable bonds is 9. The average molecular weight is 349 g/mol. The van der Waals surface area contributed by atoms with Crippen LogP contribution in [0.2, 0.25) is 0 Å². The summed E-state index contributed by atoms with van der Waals surface area (Å²) in [7, 11) is 1.72. The monoisotopic (exact) mass is 349 g/mol. The SMILES string of the molecule is CCOCCO[C@@H](C)C(=O)N1CCC(Cc2ccccc2OC)CC1. The summed E-state index contributed by atoms with van der Waals surface area (Å²) in [6.07, 6.45) is 2.66. The predicted molar refractivity (Wildman–Crippen MR) is 97.9 cm³/mol. The third kappa shape index (κ3) is 6.01. The van der Waals surface area contributed by atoms with Crippen molar-refractivity contribution in [2.24, 2.45) is 5.92 Å². The molecule has 0 N–H and O–H groups in total. The van der Waals surface area contributed by atoms with Gasteiger partial charge in [0.2, 0.25) is 0 Å². The van der Waals surface area contributed by atoms with Crippen LogP contribution in [0.5, 0.6) is 5.75 Å². The summed E-state index contributed by atoms with van der Waals surface area (Å²) in [6.45, 7) is 7.06. The summed E-state index contributed by atoms with van der Waals surface area (Å²) in [4.78, 5) is 14.4. The molecule has 1 aliphatic rings. The molecule has 1 fully saturated rings. The zero-order chi connectivity index (χ0) is 18.1. The second-order valence-electron chi connectivity index (χ2n) is 6.49. The minimum absolute atomic E-state index is 0.0900. The Bertz CT molecular complexity index is 526. The maximum atomic E-state index is 12.5. The highest BCUT2D eigenvalue weighted by Gasteiger charge is 2.26. The Morgan fingerprint density at radius 2 is 1.96 bits per heavy atom. The number of piperidine rings is 1. The third-order valence-electron chi connectivity index (χ3n) is 4.77. The van der Waals surface area contributed by atoms with Crippen molar-refractivity contribution in [2.75, 3.05) is 40.0 Å². The van der Waals surface area contributed by atoms with E-state index in [1.165, 1.54) is 5.56 Å². The van der Waals surface area contributed by atoms with Crippen molar-refractivity contribution in [3.63, 3.8) is 0 Å². The van der Waals surface area contributed by atoms with Gasteiger partial charge in [0.05, 0.1) is 20.3 Å². The highest BCUT2D eigenvalue weighted by molar-refractivity contribution is 5.80. The largest absolute Gasteiger partial charge is 0.496 e. The Morgan fingerprint density at radius 1 is 1.24 bits per heavy atom. The topological polar surface area (TPSA) is 48.0 Å². The molecule has 2 rings (SSSR count). The van der Waals surface area contributed by atoms with Gasteiger partial charge in [-0.1, -0.05) is 18.2 Å². The Hall–Kier alpha value is -1.59. The number of benzene rings is 1. The number of carbonyl (C=O) groups is 1. The standard InChI is InChI=1S/C20H31NO4/c1-4-24-13-14-25-16(2)20(22)21-11-9-17(10-12-21)15-18-7-5-6-8-19(18)23-3/h5-8,16-17H,4,9-15H2,1-3H3/t16-/m0/s1. The van der Waals surface area contributed by atoms with E-state index in [-0.39, 0.29) is 5.91 Å². The Balaban J connectivity index is 1.76. The molecule has 0 bridgehead atoms. The summed E-state index contributed by atoms with van der Waals surface area (Å²) < 4.78 is 16.3. The van der Waals surface area contributed by atoms with E-state index < -0.39 is 6.10 Å². The van der Waals surface area contributed by atoms with Gasteiger partial charge < -0.3 is 19.1 Å². The first-order valence-electron chi connectivity index (χ1n) is 9.25. The number of hydrogen-bond donors (Lipinski definition) is 0. The van der Waals surface area contributed by atoms with Crippen LogP contribution >= 0.6 is 0 Å². The van der Waals surface area contributed by atoms with Crippen LogP contribution in [0.15, 0.2) is 24.3 Å². The molecule has 1 atom stereocenters. The van der Waals surface area contributed by atoms with E-state index in [0.29, 0.717) is 25.7 Å². The molecule has 1 aromatic carbocycles. The van der Waals surface area contributed by atoms with Crippen molar-refractivity contribution in [1.82, 2.24) is 4.90 Å². The molecule has 0 spiro atoms. The molecule has 0 aliphatic carbocycles. The second-order valence-corrected chi connectivity index (χ2v) is 6.49. The van der Waals surface area contributed by atoms with Gasteiger partial charge in [0.25, 0.3) is 5.91 Å². The van der Waals surface area contributed by atoms with Crippen LogP contribution in [0.3, 0.4) is 0 Å². The van der Waals surface area contributed by atoms with Crippen LogP contribution in [-0.4, -0.2) is 56.9 Å². The fourth-order valence-corrected chi connectivity index (χ4v) is 3.30. The van der Waals surface area contributed by atoms with Gasteiger partial charge in [0.15, 0.2) is 0 Å². The van der Waals surface area contributed by atoms with Crippen molar-refractivity contribution in [3.05, 3.63) is 29.8 Å². The fraction of sp³-hybridized carbons (Fsp3) is 0.650. The van der Waals surface area contributed by atoms with E-state index in [1.807, 2.05) is 30.9 Å². The van der Waals surface area contributed by atoms with Crippen molar-refractivity contribution in [2.45, 2.75) is 39.2 Å². The zero-order valence-electron chi connectivity index (χ0n) is 15.7. The molecule has 0 aromatic heterocycles. The van der Waals surface area contributed by atoms with E-state index in [9.17, 15) is 4.79 Å². The van der Waals surface area contributed by atoms with E-state index in [4.69, 9.17) is 14.2 Å². The molecule has 0 saturated carbocycles. The number of likely N-dealkylation sites (tertiary alicyclic amines) is 1. The number of para-hydroxylation sites is 1. The number of ether oxygens (including phenoxy) is 3. The summed E-state index contributed by atoms with van der Waals surface area (Å²) in [6, 6.07) is 8.19. The van der Waals surface area contributed by atoms with Gasteiger partial charge in [-0.15, -0.1) is 0 Å². The first-order valence-corrected chi connectivity index (χ1v) is 9.25. The maximum absolute atomic E-state index is 12.5. The molecule has 1 saturated heterocycles. The van der Waals surface area contributed by atoms with E-state index in [0.717, 1.165) is 38.1 Å². The van der Waals surface area contributed by atoms with Crippen LogP contribution in [0.25, 0.3) is 0 Å². The Kier molecular flexibility index (Phi) is 8.22. The Morgan fingerprint density at radius 3 is 2.64 bits per heavy atom. The summed E-state index contributed by atoms with van der Waals surface area (Å²) >= 11 is 0. The van der Waals surface area contributed by atoms with E-state index in [1.54, 1.807) is 7.11 Å². The van der Waals surface area contributed by atoms with Crippen LogP contribution < -0.4 is 4.74 Å². The first-order chi connectivity index (χ1) is 12.2. The lowest BCUT2D eigenvalue weighted by atomic mass is 9.89. The maximum Gasteiger partial charge on any atom is 0.251 e. The summed E-state index contributed by atoms with van der Waals surface area (Å²) in [5, 5.41) is 0. The average Bonchev–Trinajstić information content (AvgIpc) is 2.65. The number of carbonyl (C=O) groups excluding carboxylic acids is 1. The number of amides is 1. The van der Waals surface area contributed by atoms with Crippen molar-refractivity contribution in [1.29, 1.82) is 0 Å². The lowest BCUT2D eigenvalue weighted by Crippen LogP contribution is -2.44. The van der Waals surface area contributed by atoms with Gasteiger partial charge in [0.1, 0.15) is 11.9 Å².